The normalized spacial score (nSPS) is 22.5. The fourth-order valence-electron chi connectivity index (χ4n) is 2.94. The first kappa shape index (κ1) is 12.0. The van der Waals surface area contributed by atoms with E-state index in [0.717, 1.165) is 12.8 Å². The van der Waals surface area contributed by atoms with Crippen molar-refractivity contribution in [1.82, 2.24) is 0 Å². The van der Waals surface area contributed by atoms with E-state index in [4.69, 9.17) is 0 Å². The second-order valence-electron chi connectivity index (χ2n) is 4.98. The lowest BCUT2D eigenvalue weighted by Gasteiger charge is -2.34. The van der Waals surface area contributed by atoms with E-state index < -0.39 is 0 Å². The molecule has 0 saturated heterocycles. The largest absolute Gasteiger partial charge is 0.393 e. The maximum atomic E-state index is 10.2. The van der Waals surface area contributed by atoms with E-state index in [1.165, 1.54) is 44.9 Å². The molecule has 0 spiro atoms. The van der Waals surface area contributed by atoms with Crippen LogP contribution in [0.4, 0.5) is 0 Å². The van der Waals surface area contributed by atoms with E-state index in [1.54, 1.807) is 0 Å². The molecule has 1 rings (SSSR count). The standard InChI is InChI=1S/C13H26O/c1-3-5-9-13(10-6-7-11-13)12(14)8-4-2/h12,14H,3-11H2,1-2H3. The van der Waals surface area contributed by atoms with Crippen molar-refractivity contribution in [2.75, 3.05) is 0 Å². The molecule has 0 aromatic heterocycles. The van der Waals surface area contributed by atoms with Crippen LogP contribution >= 0.6 is 0 Å². The number of unbranched alkanes of at least 4 members (excludes halogenated alkanes) is 1. The van der Waals surface area contributed by atoms with Crippen LogP contribution in [-0.2, 0) is 0 Å². The molecule has 0 radical (unpaired) electrons. The van der Waals surface area contributed by atoms with E-state index in [-0.39, 0.29) is 6.10 Å². The molecule has 1 heteroatoms. The van der Waals surface area contributed by atoms with Crippen LogP contribution < -0.4 is 0 Å². The summed E-state index contributed by atoms with van der Waals surface area (Å²) in [6.45, 7) is 4.42. The molecule has 1 nitrogen and oxygen atoms in total. The van der Waals surface area contributed by atoms with Gasteiger partial charge in [-0.1, -0.05) is 46.0 Å². The summed E-state index contributed by atoms with van der Waals surface area (Å²) in [5.41, 5.74) is 0.312. The van der Waals surface area contributed by atoms with Gasteiger partial charge in [-0.05, 0) is 31.1 Å². The summed E-state index contributed by atoms with van der Waals surface area (Å²) in [5.74, 6) is 0. The molecule has 1 unspecified atom stereocenters. The SMILES string of the molecule is CCCCC1(C(O)CCC)CCCC1. The molecule has 1 fully saturated rings. The van der Waals surface area contributed by atoms with Gasteiger partial charge in [-0.2, -0.15) is 0 Å². The maximum absolute atomic E-state index is 10.2. The topological polar surface area (TPSA) is 20.2 Å². The zero-order valence-electron chi connectivity index (χ0n) is 9.89. The third-order valence-corrected chi connectivity index (χ3v) is 3.90. The van der Waals surface area contributed by atoms with Gasteiger partial charge >= 0.3 is 0 Å². The van der Waals surface area contributed by atoms with Crippen LogP contribution in [0.15, 0.2) is 0 Å². The highest BCUT2D eigenvalue weighted by Gasteiger charge is 2.38. The van der Waals surface area contributed by atoms with Gasteiger partial charge in [-0.25, -0.2) is 0 Å². The zero-order valence-corrected chi connectivity index (χ0v) is 9.89. The van der Waals surface area contributed by atoms with Crippen molar-refractivity contribution in [3.05, 3.63) is 0 Å². The molecule has 14 heavy (non-hydrogen) atoms. The molecule has 0 amide bonds. The Labute approximate surface area is 88.9 Å². The highest BCUT2D eigenvalue weighted by Crippen LogP contribution is 2.46. The third-order valence-electron chi connectivity index (χ3n) is 3.90. The molecule has 1 aliphatic rings. The van der Waals surface area contributed by atoms with Gasteiger partial charge in [-0.3, -0.25) is 0 Å². The quantitative estimate of drug-likeness (QED) is 0.686. The van der Waals surface area contributed by atoms with E-state index in [0.29, 0.717) is 5.41 Å². The molecular weight excluding hydrogens is 172 g/mol. The predicted molar refractivity (Wildman–Crippen MR) is 61.3 cm³/mol. The van der Waals surface area contributed by atoms with Gasteiger partial charge in [0.05, 0.1) is 6.10 Å². The fourth-order valence-corrected chi connectivity index (χ4v) is 2.94. The summed E-state index contributed by atoms with van der Waals surface area (Å²) < 4.78 is 0. The summed E-state index contributed by atoms with van der Waals surface area (Å²) in [6.07, 6.45) is 11.1. The molecule has 0 aliphatic heterocycles. The fraction of sp³-hybridized carbons (Fsp3) is 1.00. The Bertz CT molecular complexity index is 147. The van der Waals surface area contributed by atoms with E-state index in [9.17, 15) is 5.11 Å². The molecule has 0 aromatic rings. The summed E-state index contributed by atoms with van der Waals surface area (Å²) >= 11 is 0. The number of aliphatic hydroxyl groups excluding tert-OH is 1. The van der Waals surface area contributed by atoms with Crippen LogP contribution in [0.25, 0.3) is 0 Å². The molecule has 0 heterocycles. The Morgan fingerprint density at radius 1 is 1.14 bits per heavy atom. The van der Waals surface area contributed by atoms with Gasteiger partial charge in [0.15, 0.2) is 0 Å². The summed E-state index contributed by atoms with van der Waals surface area (Å²) in [6, 6.07) is 0. The van der Waals surface area contributed by atoms with E-state index in [1.807, 2.05) is 0 Å². The average molecular weight is 198 g/mol. The van der Waals surface area contributed by atoms with Gasteiger partial charge in [-0.15, -0.1) is 0 Å². The van der Waals surface area contributed by atoms with Gasteiger partial charge in [0, 0.05) is 0 Å². The first-order valence-corrected chi connectivity index (χ1v) is 6.43. The summed E-state index contributed by atoms with van der Waals surface area (Å²) in [7, 11) is 0. The number of rotatable bonds is 6. The minimum Gasteiger partial charge on any atom is -0.393 e. The molecule has 1 N–H and O–H groups in total. The van der Waals surface area contributed by atoms with E-state index >= 15 is 0 Å². The van der Waals surface area contributed by atoms with Crippen molar-refractivity contribution < 1.29 is 5.11 Å². The van der Waals surface area contributed by atoms with Crippen molar-refractivity contribution in [2.45, 2.75) is 77.7 Å². The molecular formula is C13H26O. The lowest BCUT2D eigenvalue weighted by Crippen LogP contribution is -2.32. The molecule has 1 atom stereocenters. The predicted octanol–water partition coefficient (Wildman–Crippen LogP) is 3.90. The molecule has 1 aliphatic carbocycles. The Balaban J connectivity index is 2.51. The maximum Gasteiger partial charge on any atom is 0.0596 e. The minimum atomic E-state index is -0.0263. The van der Waals surface area contributed by atoms with Crippen LogP contribution in [0.5, 0.6) is 0 Å². The van der Waals surface area contributed by atoms with Gasteiger partial charge < -0.3 is 5.11 Å². The van der Waals surface area contributed by atoms with Crippen LogP contribution in [0.1, 0.15) is 71.6 Å². The highest BCUT2D eigenvalue weighted by atomic mass is 16.3. The first-order valence-electron chi connectivity index (χ1n) is 6.43. The Kier molecular flexibility index (Phi) is 4.94. The third kappa shape index (κ3) is 2.73. The van der Waals surface area contributed by atoms with Gasteiger partial charge in [0.25, 0.3) is 0 Å². The number of hydrogen-bond donors (Lipinski definition) is 1. The van der Waals surface area contributed by atoms with Crippen molar-refractivity contribution in [3.63, 3.8) is 0 Å². The Morgan fingerprint density at radius 2 is 1.79 bits per heavy atom. The van der Waals surface area contributed by atoms with Crippen LogP contribution in [0.2, 0.25) is 0 Å². The molecule has 1 saturated carbocycles. The smallest absolute Gasteiger partial charge is 0.0596 e. The Hall–Kier alpha value is -0.0400. The summed E-state index contributed by atoms with van der Waals surface area (Å²) in [5, 5.41) is 10.2. The van der Waals surface area contributed by atoms with Crippen molar-refractivity contribution in [1.29, 1.82) is 0 Å². The van der Waals surface area contributed by atoms with Gasteiger partial charge in [0.1, 0.15) is 0 Å². The van der Waals surface area contributed by atoms with Crippen LogP contribution in [-0.4, -0.2) is 11.2 Å². The Morgan fingerprint density at radius 3 is 2.29 bits per heavy atom. The molecule has 84 valence electrons. The second kappa shape index (κ2) is 5.75. The lowest BCUT2D eigenvalue weighted by atomic mass is 9.74. The average Bonchev–Trinajstić information content (AvgIpc) is 2.65. The van der Waals surface area contributed by atoms with Gasteiger partial charge in [0.2, 0.25) is 0 Å². The van der Waals surface area contributed by atoms with Crippen molar-refractivity contribution >= 4 is 0 Å². The number of aliphatic hydroxyl groups is 1. The zero-order chi connectivity index (χ0) is 10.4. The van der Waals surface area contributed by atoms with Crippen LogP contribution in [0, 0.1) is 5.41 Å². The lowest BCUT2D eigenvalue weighted by molar-refractivity contribution is 0.0136. The van der Waals surface area contributed by atoms with E-state index in [2.05, 4.69) is 13.8 Å². The van der Waals surface area contributed by atoms with Crippen molar-refractivity contribution in [2.24, 2.45) is 5.41 Å². The second-order valence-corrected chi connectivity index (χ2v) is 4.98. The first-order chi connectivity index (χ1) is 6.75. The minimum absolute atomic E-state index is 0.0263. The van der Waals surface area contributed by atoms with Crippen molar-refractivity contribution in [3.8, 4) is 0 Å². The molecule has 0 bridgehead atoms. The van der Waals surface area contributed by atoms with Crippen LogP contribution in [0.3, 0.4) is 0 Å². The highest BCUT2D eigenvalue weighted by molar-refractivity contribution is 4.90. The monoisotopic (exact) mass is 198 g/mol. The summed E-state index contributed by atoms with van der Waals surface area (Å²) in [4.78, 5) is 0. The number of hydrogen-bond acceptors (Lipinski definition) is 1. The molecule has 0 aromatic carbocycles.